The van der Waals surface area contributed by atoms with E-state index in [1.54, 1.807) is 11.6 Å². The van der Waals surface area contributed by atoms with E-state index >= 15 is 0 Å². The predicted molar refractivity (Wildman–Crippen MR) is 114 cm³/mol. The number of rotatable bonds is 8. The van der Waals surface area contributed by atoms with Gasteiger partial charge in [0.1, 0.15) is 17.3 Å². The lowest BCUT2D eigenvalue weighted by Gasteiger charge is -2.29. The van der Waals surface area contributed by atoms with Crippen molar-refractivity contribution in [3.05, 3.63) is 18.0 Å². The largest absolute Gasteiger partial charge is 0.391 e. The molecule has 2 aliphatic rings. The highest BCUT2D eigenvalue weighted by molar-refractivity contribution is 5.54. The van der Waals surface area contributed by atoms with Gasteiger partial charge >= 0.3 is 0 Å². The Morgan fingerprint density at radius 3 is 2.83 bits per heavy atom. The zero-order valence-electron chi connectivity index (χ0n) is 17.4. The number of ether oxygens (including phenoxy) is 1. The maximum absolute atomic E-state index is 9.49. The fourth-order valence-electron chi connectivity index (χ4n) is 3.67. The van der Waals surface area contributed by atoms with Gasteiger partial charge in [0.2, 0.25) is 5.95 Å². The minimum atomic E-state index is -0.468. The van der Waals surface area contributed by atoms with Crippen LogP contribution in [0.1, 0.15) is 25.5 Å². The summed E-state index contributed by atoms with van der Waals surface area (Å²) in [7, 11) is 0. The Hall–Kier alpha value is -2.50. The molecule has 11 nitrogen and oxygen atoms in total. The van der Waals surface area contributed by atoms with E-state index in [0.29, 0.717) is 38.3 Å². The van der Waals surface area contributed by atoms with Crippen molar-refractivity contribution in [2.24, 2.45) is 0 Å². The highest BCUT2D eigenvalue weighted by atomic mass is 16.5. The van der Waals surface area contributed by atoms with Gasteiger partial charge in [-0.15, -0.1) is 5.10 Å². The minimum Gasteiger partial charge on any atom is -0.391 e. The van der Waals surface area contributed by atoms with Gasteiger partial charge in [0.15, 0.2) is 0 Å². The molecule has 4 rings (SSSR count). The van der Waals surface area contributed by atoms with Crippen LogP contribution >= 0.6 is 0 Å². The Morgan fingerprint density at radius 1 is 1.27 bits per heavy atom. The molecule has 1 atom stereocenters. The number of piperidine rings is 1. The van der Waals surface area contributed by atoms with Crippen LogP contribution in [0.15, 0.2) is 12.3 Å². The molecule has 11 heteroatoms. The third kappa shape index (κ3) is 5.77. The van der Waals surface area contributed by atoms with Gasteiger partial charge in [0, 0.05) is 25.2 Å². The predicted octanol–water partition coefficient (Wildman–Crippen LogP) is 0.0615. The van der Waals surface area contributed by atoms with Crippen molar-refractivity contribution in [1.29, 1.82) is 0 Å². The molecule has 2 aromatic rings. The number of hydrogen-bond acceptors (Lipinski definition) is 10. The van der Waals surface area contributed by atoms with E-state index < -0.39 is 6.10 Å². The molecule has 2 saturated heterocycles. The Balaban J connectivity index is 1.47. The molecule has 2 fully saturated rings. The van der Waals surface area contributed by atoms with Crippen LogP contribution in [0.2, 0.25) is 0 Å². The van der Waals surface area contributed by atoms with E-state index in [-0.39, 0.29) is 0 Å². The first-order valence-corrected chi connectivity index (χ1v) is 10.7. The lowest BCUT2D eigenvalue weighted by Crippen LogP contribution is -2.37. The van der Waals surface area contributed by atoms with Crippen LogP contribution in [0.4, 0.5) is 17.6 Å². The van der Waals surface area contributed by atoms with Crippen LogP contribution in [0.25, 0.3) is 0 Å². The van der Waals surface area contributed by atoms with Gasteiger partial charge in [-0.2, -0.15) is 9.97 Å². The second-order valence-corrected chi connectivity index (χ2v) is 7.84. The zero-order valence-corrected chi connectivity index (χ0v) is 17.4. The highest BCUT2D eigenvalue weighted by Crippen LogP contribution is 2.21. The van der Waals surface area contributed by atoms with Crippen LogP contribution < -0.4 is 20.9 Å². The van der Waals surface area contributed by atoms with Gasteiger partial charge in [0.05, 0.1) is 38.6 Å². The first-order chi connectivity index (χ1) is 14.7. The number of hydrogen-bond donors (Lipinski definition) is 4. The van der Waals surface area contributed by atoms with Gasteiger partial charge in [-0.1, -0.05) is 5.21 Å². The summed E-state index contributed by atoms with van der Waals surface area (Å²) in [6.07, 6.45) is 3.50. The Bertz CT molecular complexity index is 801. The van der Waals surface area contributed by atoms with Crippen molar-refractivity contribution in [3.8, 4) is 0 Å². The molecule has 4 N–H and O–H groups in total. The van der Waals surface area contributed by atoms with Crippen molar-refractivity contribution in [2.75, 3.05) is 54.9 Å². The summed E-state index contributed by atoms with van der Waals surface area (Å²) in [6.45, 7) is 7.68. The molecule has 0 spiro atoms. The molecule has 0 aromatic carbocycles. The quantitative estimate of drug-likeness (QED) is 0.468. The Kier molecular flexibility index (Phi) is 6.92. The fraction of sp³-hybridized carbons (Fsp3) is 0.684. The van der Waals surface area contributed by atoms with Crippen molar-refractivity contribution in [1.82, 2.24) is 30.3 Å². The molecule has 0 amide bonds. The number of aliphatic hydroxyl groups is 1. The van der Waals surface area contributed by atoms with Crippen LogP contribution in [-0.2, 0) is 17.8 Å². The summed E-state index contributed by atoms with van der Waals surface area (Å²) in [5, 5.41) is 27.9. The summed E-state index contributed by atoms with van der Waals surface area (Å²) in [5.74, 6) is 2.28. The zero-order chi connectivity index (χ0) is 20.8. The average molecular weight is 418 g/mol. The molecule has 0 aliphatic carbocycles. The van der Waals surface area contributed by atoms with Gasteiger partial charge in [-0.05, 0) is 32.9 Å². The van der Waals surface area contributed by atoms with E-state index in [1.165, 1.54) is 0 Å². The van der Waals surface area contributed by atoms with Gasteiger partial charge < -0.3 is 30.7 Å². The number of nitrogens with zero attached hydrogens (tertiary/aromatic N) is 6. The van der Waals surface area contributed by atoms with E-state index in [0.717, 1.165) is 56.4 Å². The molecule has 1 unspecified atom stereocenters. The van der Waals surface area contributed by atoms with Crippen molar-refractivity contribution < 1.29 is 9.84 Å². The molecule has 164 valence electrons. The van der Waals surface area contributed by atoms with Gasteiger partial charge in [0.25, 0.3) is 0 Å². The average Bonchev–Trinajstić information content (AvgIpc) is 3.20. The summed E-state index contributed by atoms with van der Waals surface area (Å²) in [6, 6.07) is 2.43. The second-order valence-electron chi connectivity index (χ2n) is 7.84. The normalized spacial score (nSPS) is 18.9. The SMILES string of the molecule is CC(O)Cn1cc(CNc2nc(NC3CCNCC3)cc(N3CCOCC3)n2)nn1. The Labute approximate surface area is 176 Å². The highest BCUT2D eigenvalue weighted by Gasteiger charge is 2.18. The molecule has 0 saturated carbocycles. The van der Waals surface area contributed by atoms with Gasteiger partial charge in [-0.3, -0.25) is 0 Å². The van der Waals surface area contributed by atoms with Crippen molar-refractivity contribution in [2.45, 2.75) is 45.0 Å². The summed E-state index contributed by atoms with van der Waals surface area (Å²) in [4.78, 5) is 11.6. The summed E-state index contributed by atoms with van der Waals surface area (Å²) < 4.78 is 7.12. The molecular weight excluding hydrogens is 386 g/mol. The molecule has 0 radical (unpaired) electrons. The third-order valence-corrected chi connectivity index (χ3v) is 5.20. The van der Waals surface area contributed by atoms with E-state index in [1.807, 2.05) is 12.3 Å². The van der Waals surface area contributed by atoms with E-state index in [2.05, 4.69) is 36.1 Å². The first kappa shape index (κ1) is 20.8. The smallest absolute Gasteiger partial charge is 0.226 e. The van der Waals surface area contributed by atoms with Gasteiger partial charge in [-0.25, -0.2) is 4.68 Å². The monoisotopic (exact) mass is 417 g/mol. The minimum absolute atomic E-state index is 0.409. The maximum atomic E-state index is 9.49. The fourth-order valence-corrected chi connectivity index (χ4v) is 3.67. The second kappa shape index (κ2) is 10.0. The van der Waals surface area contributed by atoms with E-state index in [4.69, 9.17) is 9.72 Å². The topological polar surface area (TPSA) is 125 Å². The lowest BCUT2D eigenvalue weighted by atomic mass is 10.1. The molecule has 0 bridgehead atoms. The maximum Gasteiger partial charge on any atom is 0.226 e. The number of aliphatic hydroxyl groups excluding tert-OH is 1. The molecule has 4 heterocycles. The van der Waals surface area contributed by atoms with Crippen LogP contribution in [0.3, 0.4) is 0 Å². The van der Waals surface area contributed by atoms with Crippen molar-refractivity contribution in [3.63, 3.8) is 0 Å². The first-order valence-electron chi connectivity index (χ1n) is 10.7. The number of morpholine rings is 1. The molecule has 30 heavy (non-hydrogen) atoms. The summed E-state index contributed by atoms with van der Waals surface area (Å²) >= 11 is 0. The number of aromatic nitrogens is 5. The van der Waals surface area contributed by atoms with Crippen LogP contribution in [0.5, 0.6) is 0 Å². The van der Waals surface area contributed by atoms with Crippen LogP contribution in [-0.4, -0.2) is 81.6 Å². The summed E-state index contributed by atoms with van der Waals surface area (Å²) in [5.41, 5.74) is 0.767. The standard InChI is InChI=1S/C19H31N9O2/c1-14(29)12-28-13-16(25-26-28)11-21-19-23-17(22-15-2-4-20-5-3-15)10-18(24-19)27-6-8-30-9-7-27/h10,13-15,20,29H,2-9,11-12H2,1H3,(H2,21,22,23,24). The van der Waals surface area contributed by atoms with E-state index in [9.17, 15) is 5.11 Å². The molecular formula is C19H31N9O2. The number of nitrogens with one attached hydrogen (secondary N) is 3. The van der Waals surface area contributed by atoms with Crippen molar-refractivity contribution >= 4 is 17.6 Å². The third-order valence-electron chi connectivity index (χ3n) is 5.20. The number of anilines is 3. The Morgan fingerprint density at radius 2 is 2.07 bits per heavy atom. The van der Waals surface area contributed by atoms with Crippen LogP contribution in [0, 0.1) is 0 Å². The molecule has 2 aromatic heterocycles. The molecule has 2 aliphatic heterocycles. The lowest BCUT2D eigenvalue weighted by molar-refractivity contribution is 0.122.